The first-order valence-corrected chi connectivity index (χ1v) is 18.9. The maximum atomic E-state index is 6.76. The van der Waals surface area contributed by atoms with Crippen LogP contribution in [0.1, 0.15) is 0 Å². The molecule has 0 radical (unpaired) electrons. The fraction of sp³-hybridized carbons (Fsp3) is 0. The predicted molar refractivity (Wildman–Crippen MR) is 230 cm³/mol. The molecule has 9 aromatic carbocycles. The Morgan fingerprint density at radius 1 is 0.375 bits per heavy atom. The third-order valence-electron chi connectivity index (χ3n) is 11.2. The van der Waals surface area contributed by atoms with Gasteiger partial charge in [-0.15, -0.1) is 0 Å². The molecule has 56 heavy (non-hydrogen) atoms. The highest BCUT2D eigenvalue weighted by Gasteiger charge is 2.23. The quantitative estimate of drug-likeness (QED) is 0.170. The molecule has 0 atom stereocenters. The molecule has 0 N–H and O–H groups in total. The van der Waals surface area contributed by atoms with Crippen LogP contribution in [0, 0.1) is 0 Å². The summed E-state index contributed by atoms with van der Waals surface area (Å²) in [6.45, 7) is 0. The number of rotatable bonds is 4. The summed E-state index contributed by atoms with van der Waals surface area (Å²) in [5.74, 6) is 1.86. The molecule has 12 rings (SSSR count). The van der Waals surface area contributed by atoms with Gasteiger partial charge in [0.1, 0.15) is 5.58 Å². The monoisotopic (exact) mass is 714 g/mol. The molecule has 260 valence electrons. The normalized spacial score (nSPS) is 11.9. The lowest BCUT2D eigenvalue weighted by Crippen LogP contribution is -2.02. The molecule has 0 amide bonds. The molecule has 0 aliphatic carbocycles. The van der Waals surface area contributed by atoms with Gasteiger partial charge in [-0.1, -0.05) is 152 Å². The Morgan fingerprint density at radius 2 is 0.893 bits per heavy atom. The summed E-state index contributed by atoms with van der Waals surface area (Å²) in [7, 11) is 0. The smallest absolute Gasteiger partial charge is 0.164 e. The number of hydrogen-bond acceptors (Lipinski definition) is 4. The summed E-state index contributed by atoms with van der Waals surface area (Å²) in [6, 6.07) is 63.8. The molecule has 0 saturated heterocycles. The Bertz CT molecular complexity index is 3470. The Hall–Kier alpha value is -7.63. The summed E-state index contributed by atoms with van der Waals surface area (Å²) in [5.41, 5.74) is 7.64. The van der Waals surface area contributed by atoms with Crippen LogP contribution in [0.4, 0.5) is 0 Å². The van der Waals surface area contributed by atoms with Gasteiger partial charge in [-0.05, 0) is 57.3 Å². The number of furan rings is 1. The molecule has 0 aliphatic rings. The van der Waals surface area contributed by atoms with E-state index in [9.17, 15) is 0 Å². The van der Waals surface area contributed by atoms with E-state index in [-0.39, 0.29) is 0 Å². The van der Waals surface area contributed by atoms with Crippen LogP contribution >= 0.6 is 0 Å². The fourth-order valence-electron chi connectivity index (χ4n) is 8.75. The number of benzene rings is 9. The molecular formula is C51H30N4O. The summed E-state index contributed by atoms with van der Waals surface area (Å²) in [4.78, 5) is 15.7. The minimum Gasteiger partial charge on any atom is -0.454 e. The van der Waals surface area contributed by atoms with E-state index >= 15 is 0 Å². The molecule has 5 nitrogen and oxygen atoms in total. The van der Waals surface area contributed by atoms with Gasteiger partial charge in [-0.3, -0.25) is 0 Å². The van der Waals surface area contributed by atoms with E-state index in [0.717, 1.165) is 82.3 Å². The maximum Gasteiger partial charge on any atom is 0.164 e. The standard InChI is InChI=1S/C51H30N4O/c1-3-15-31(16-4-1)49-52-50(32-17-5-2-6-18-32)54-51(53-49)43-30-33(29-42-36-21-8-7-19-34(36)35-20-9-10-24-39(35)46(42)43)55-44-25-13-11-22-37(44)40-27-28-41-38-23-12-14-26-45(38)56-48(41)47(40)55/h1-30H. The average molecular weight is 715 g/mol. The van der Waals surface area contributed by atoms with Gasteiger partial charge in [-0.25, -0.2) is 15.0 Å². The van der Waals surface area contributed by atoms with Crippen molar-refractivity contribution < 1.29 is 4.42 Å². The summed E-state index contributed by atoms with van der Waals surface area (Å²) in [5, 5.41) is 11.4. The maximum absolute atomic E-state index is 6.76. The van der Waals surface area contributed by atoms with Crippen molar-refractivity contribution in [2.24, 2.45) is 0 Å². The lowest BCUT2D eigenvalue weighted by molar-refractivity contribution is 0.671. The fourth-order valence-corrected chi connectivity index (χ4v) is 8.75. The van der Waals surface area contributed by atoms with Gasteiger partial charge in [-0.2, -0.15) is 0 Å². The third-order valence-corrected chi connectivity index (χ3v) is 11.2. The number of fused-ring (bicyclic) bond motifs is 13. The summed E-state index contributed by atoms with van der Waals surface area (Å²) >= 11 is 0. The van der Waals surface area contributed by atoms with Crippen LogP contribution in [-0.4, -0.2) is 19.5 Å². The summed E-state index contributed by atoms with van der Waals surface area (Å²) in [6.07, 6.45) is 0. The van der Waals surface area contributed by atoms with E-state index in [1.807, 2.05) is 42.5 Å². The zero-order valence-electron chi connectivity index (χ0n) is 30.0. The highest BCUT2D eigenvalue weighted by Crippen LogP contribution is 2.45. The summed E-state index contributed by atoms with van der Waals surface area (Å²) < 4.78 is 9.14. The van der Waals surface area contributed by atoms with Gasteiger partial charge in [0, 0.05) is 49.3 Å². The predicted octanol–water partition coefficient (Wildman–Crippen LogP) is 13.3. The molecule has 12 aromatic rings. The van der Waals surface area contributed by atoms with Crippen molar-refractivity contribution >= 4 is 76.1 Å². The van der Waals surface area contributed by atoms with Gasteiger partial charge in [0.25, 0.3) is 0 Å². The molecule has 0 fully saturated rings. The minimum atomic E-state index is 0.611. The second-order valence-electron chi connectivity index (χ2n) is 14.3. The second kappa shape index (κ2) is 11.9. The molecule has 3 aromatic heterocycles. The van der Waals surface area contributed by atoms with Crippen molar-refractivity contribution in [2.75, 3.05) is 0 Å². The van der Waals surface area contributed by atoms with Gasteiger partial charge in [0.15, 0.2) is 23.1 Å². The van der Waals surface area contributed by atoms with Crippen molar-refractivity contribution in [3.8, 4) is 39.9 Å². The van der Waals surface area contributed by atoms with Crippen LogP contribution in [-0.2, 0) is 0 Å². The van der Waals surface area contributed by atoms with Crippen molar-refractivity contribution in [1.82, 2.24) is 19.5 Å². The lowest BCUT2D eigenvalue weighted by atomic mass is 9.91. The first kappa shape index (κ1) is 30.8. The minimum absolute atomic E-state index is 0.611. The Labute approximate surface area is 320 Å². The number of nitrogens with zero attached hydrogens (tertiary/aromatic N) is 4. The number of para-hydroxylation sites is 2. The zero-order chi connectivity index (χ0) is 36.7. The molecule has 0 unspecified atom stereocenters. The third kappa shape index (κ3) is 4.52. The molecule has 0 aliphatic heterocycles. The first-order chi connectivity index (χ1) is 27.8. The van der Waals surface area contributed by atoms with Crippen molar-refractivity contribution in [3.63, 3.8) is 0 Å². The van der Waals surface area contributed by atoms with Crippen LogP contribution in [0.5, 0.6) is 0 Å². The van der Waals surface area contributed by atoms with E-state index in [2.05, 4.69) is 144 Å². The highest BCUT2D eigenvalue weighted by molar-refractivity contribution is 6.29. The van der Waals surface area contributed by atoms with Crippen LogP contribution in [0.15, 0.2) is 186 Å². The van der Waals surface area contributed by atoms with Crippen LogP contribution in [0.2, 0.25) is 0 Å². The second-order valence-corrected chi connectivity index (χ2v) is 14.3. The molecule has 0 bridgehead atoms. The molecular weight excluding hydrogens is 685 g/mol. The number of aromatic nitrogens is 4. The molecule has 0 spiro atoms. The van der Waals surface area contributed by atoms with E-state index < -0.39 is 0 Å². The molecule has 5 heteroatoms. The average Bonchev–Trinajstić information content (AvgIpc) is 3.83. The SMILES string of the molecule is c1ccc(-c2nc(-c3ccccc3)nc(-c3cc(-n4c5ccccc5c5ccc6c7ccccc7oc6c54)cc4c5ccccc5c5ccccc5c34)n2)cc1. The Morgan fingerprint density at radius 3 is 1.59 bits per heavy atom. The van der Waals surface area contributed by atoms with Gasteiger partial charge in [0.05, 0.1) is 11.0 Å². The Kier molecular flexibility index (Phi) is 6.56. The van der Waals surface area contributed by atoms with E-state index in [1.165, 1.54) is 16.2 Å². The van der Waals surface area contributed by atoms with Gasteiger partial charge >= 0.3 is 0 Å². The van der Waals surface area contributed by atoms with Crippen LogP contribution < -0.4 is 0 Å². The van der Waals surface area contributed by atoms with Crippen molar-refractivity contribution in [1.29, 1.82) is 0 Å². The zero-order valence-corrected chi connectivity index (χ0v) is 30.0. The van der Waals surface area contributed by atoms with E-state index in [0.29, 0.717) is 17.5 Å². The van der Waals surface area contributed by atoms with E-state index in [4.69, 9.17) is 19.4 Å². The molecule has 3 heterocycles. The van der Waals surface area contributed by atoms with Crippen LogP contribution in [0.3, 0.4) is 0 Å². The van der Waals surface area contributed by atoms with Gasteiger partial charge in [0.2, 0.25) is 0 Å². The van der Waals surface area contributed by atoms with Crippen molar-refractivity contribution in [2.45, 2.75) is 0 Å². The lowest BCUT2D eigenvalue weighted by Gasteiger charge is -2.18. The number of hydrogen-bond donors (Lipinski definition) is 0. The van der Waals surface area contributed by atoms with Gasteiger partial charge < -0.3 is 8.98 Å². The van der Waals surface area contributed by atoms with Crippen LogP contribution in [0.25, 0.3) is 116 Å². The van der Waals surface area contributed by atoms with Crippen molar-refractivity contribution in [3.05, 3.63) is 182 Å². The Balaban J connectivity index is 1.28. The largest absolute Gasteiger partial charge is 0.454 e. The topological polar surface area (TPSA) is 56.7 Å². The van der Waals surface area contributed by atoms with E-state index in [1.54, 1.807) is 0 Å². The first-order valence-electron chi connectivity index (χ1n) is 18.9. The molecule has 0 saturated carbocycles. The highest BCUT2D eigenvalue weighted by atomic mass is 16.3.